The van der Waals surface area contributed by atoms with Gasteiger partial charge in [0.15, 0.2) is 0 Å². The molecular formula is C13H16N2O. The quantitative estimate of drug-likeness (QED) is 0.854. The van der Waals surface area contributed by atoms with Gasteiger partial charge in [0.2, 0.25) is 0 Å². The summed E-state index contributed by atoms with van der Waals surface area (Å²) in [7, 11) is 0. The molecule has 0 bridgehead atoms. The lowest BCUT2D eigenvalue weighted by Gasteiger charge is -2.13. The summed E-state index contributed by atoms with van der Waals surface area (Å²) in [6.07, 6.45) is 2.87. The van der Waals surface area contributed by atoms with Gasteiger partial charge in [0.1, 0.15) is 6.10 Å². The van der Waals surface area contributed by atoms with Crippen molar-refractivity contribution in [2.45, 2.75) is 26.5 Å². The lowest BCUT2D eigenvalue weighted by atomic mass is 10.0. The summed E-state index contributed by atoms with van der Waals surface area (Å²) in [5, 5.41) is 10.3. The Balaban J connectivity index is 2.35. The molecule has 0 saturated carbocycles. The number of hydrogen-bond acceptors (Lipinski definition) is 2. The fourth-order valence-electron chi connectivity index (χ4n) is 1.83. The molecule has 3 heteroatoms. The molecule has 84 valence electrons. The van der Waals surface area contributed by atoms with Gasteiger partial charge >= 0.3 is 0 Å². The Bertz CT molecular complexity index is 476. The van der Waals surface area contributed by atoms with Crippen LogP contribution in [0, 0.1) is 6.92 Å². The van der Waals surface area contributed by atoms with Gasteiger partial charge in [0.25, 0.3) is 0 Å². The first-order valence-corrected chi connectivity index (χ1v) is 5.47. The van der Waals surface area contributed by atoms with Crippen LogP contribution in [0.3, 0.4) is 0 Å². The highest BCUT2D eigenvalue weighted by atomic mass is 16.3. The van der Waals surface area contributed by atoms with Crippen molar-refractivity contribution in [1.29, 1.82) is 0 Å². The Hall–Kier alpha value is -1.61. The SMILES string of the molecule is CCn1cncc1C(O)c1cccc(C)c1. The number of benzene rings is 1. The first kappa shape index (κ1) is 10.9. The molecule has 0 amide bonds. The van der Waals surface area contributed by atoms with Gasteiger partial charge in [-0.2, -0.15) is 0 Å². The maximum atomic E-state index is 10.3. The molecule has 2 rings (SSSR count). The summed E-state index contributed by atoms with van der Waals surface area (Å²) >= 11 is 0. The van der Waals surface area contributed by atoms with E-state index in [9.17, 15) is 5.11 Å². The van der Waals surface area contributed by atoms with Gasteiger partial charge in [-0.1, -0.05) is 29.8 Å². The van der Waals surface area contributed by atoms with E-state index < -0.39 is 6.10 Å². The smallest absolute Gasteiger partial charge is 0.121 e. The third-order valence-electron chi connectivity index (χ3n) is 2.72. The molecule has 3 nitrogen and oxygen atoms in total. The molecule has 0 fully saturated rings. The van der Waals surface area contributed by atoms with Gasteiger partial charge in [-0.25, -0.2) is 4.98 Å². The lowest BCUT2D eigenvalue weighted by Crippen LogP contribution is -2.07. The number of rotatable bonds is 3. The molecule has 0 spiro atoms. The predicted molar refractivity (Wildman–Crippen MR) is 63.1 cm³/mol. The topological polar surface area (TPSA) is 38.0 Å². The fraction of sp³-hybridized carbons (Fsp3) is 0.308. The van der Waals surface area contributed by atoms with Crippen molar-refractivity contribution < 1.29 is 5.11 Å². The highest BCUT2D eigenvalue weighted by molar-refractivity contribution is 5.28. The van der Waals surface area contributed by atoms with E-state index in [0.717, 1.165) is 23.4 Å². The molecule has 2 aromatic rings. The van der Waals surface area contributed by atoms with Crippen LogP contribution in [-0.4, -0.2) is 14.7 Å². The Labute approximate surface area is 95.4 Å². The van der Waals surface area contributed by atoms with E-state index in [0.29, 0.717) is 0 Å². The van der Waals surface area contributed by atoms with Crippen LogP contribution in [0.25, 0.3) is 0 Å². The number of nitrogens with zero attached hydrogens (tertiary/aromatic N) is 2. The van der Waals surface area contributed by atoms with E-state index in [1.165, 1.54) is 0 Å². The van der Waals surface area contributed by atoms with E-state index in [1.54, 1.807) is 12.5 Å². The van der Waals surface area contributed by atoms with E-state index in [4.69, 9.17) is 0 Å². The number of aliphatic hydroxyl groups excluding tert-OH is 1. The molecule has 0 radical (unpaired) electrons. The minimum absolute atomic E-state index is 0.595. The molecule has 0 aliphatic rings. The molecular weight excluding hydrogens is 200 g/mol. The molecule has 1 atom stereocenters. The zero-order valence-electron chi connectivity index (χ0n) is 9.59. The van der Waals surface area contributed by atoms with E-state index in [2.05, 4.69) is 4.98 Å². The summed E-state index contributed by atoms with van der Waals surface area (Å²) in [6.45, 7) is 4.87. The second-order valence-corrected chi connectivity index (χ2v) is 3.92. The molecule has 1 aromatic heterocycles. The predicted octanol–water partition coefficient (Wildman–Crippen LogP) is 2.29. The molecule has 1 aromatic carbocycles. The van der Waals surface area contributed by atoms with Crippen molar-refractivity contribution in [1.82, 2.24) is 9.55 Å². The van der Waals surface area contributed by atoms with Gasteiger partial charge < -0.3 is 9.67 Å². The number of aromatic nitrogens is 2. The van der Waals surface area contributed by atoms with Gasteiger partial charge in [0, 0.05) is 6.54 Å². The van der Waals surface area contributed by atoms with Gasteiger partial charge in [-0.05, 0) is 19.4 Å². The van der Waals surface area contributed by atoms with Crippen molar-refractivity contribution in [3.05, 3.63) is 53.6 Å². The van der Waals surface area contributed by atoms with Crippen molar-refractivity contribution in [3.63, 3.8) is 0 Å². The second kappa shape index (κ2) is 4.49. The molecule has 1 unspecified atom stereocenters. The van der Waals surface area contributed by atoms with Crippen LogP contribution in [-0.2, 0) is 6.54 Å². The normalized spacial score (nSPS) is 12.7. The monoisotopic (exact) mass is 216 g/mol. The standard InChI is InChI=1S/C13H16N2O/c1-3-15-9-14-8-12(15)13(16)11-6-4-5-10(2)7-11/h4-9,13,16H,3H2,1-2H3. The summed E-state index contributed by atoms with van der Waals surface area (Å²) in [5.41, 5.74) is 2.91. The Morgan fingerprint density at radius 1 is 1.44 bits per heavy atom. The maximum Gasteiger partial charge on any atom is 0.121 e. The van der Waals surface area contributed by atoms with Crippen LogP contribution >= 0.6 is 0 Å². The maximum absolute atomic E-state index is 10.3. The molecule has 0 saturated heterocycles. The zero-order valence-corrected chi connectivity index (χ0v) is 9.59. The van der Waals surface area contributed by atoms with E-state index >= 15 is 0 Å². The summed E-state index contributed by atoms with van der Waals surface area (Å²) < 4.78 is 1.95. The van der Waals surface area contributed by atoms with Crippen molar-refractivity contribution in [2.75, 3.05) is 0 Å². The summed E-state index contributed by atoms with van der Waals surface area (Å²) in [6, 6.07) is 7.91. The number of imidazole rings is 1. The number of aliphatic hydroxyl groups is 1. The molecule has 0 aliphatic heterocycles. The van der Waals surface area contributed by atoms with Crippen LogP contribution in [0.2, 0.25) is 0 Å². The van der Waals surface area contributed by atoms with Crippen LogP contribution in [0.5, 0.6) is 0 Å². The Morgan fingerprint density at radius 3 is 2.94 bits per heavy atom. The number of hydrogen-bond donors (Lipinski definition) is 1. The van der Waals surface area contributed by atoms with Gasteiger partial charge in [-0.15, -0.1) is 0 Å². The molecule has 16 heavy (non-hydrogen) atoms. The van der Waals surface area contributed by atoms with E-state index in [1.807, 2.05) is 42.7 Å². The van der Waals surface area contributed by atoms with E-state index in [-0.39, 0.29) is 0 Å². The first-order chi connectivity index (χ1) is 7.72. The van der Waals surface area contributed by atoms with Gasteiger partial charge in [0.05, 0.1) is 18.2 Å². The zero-order chi connectivity index (χ0) is 11.5. The van der Waals surface area contributed by atoms with Crippen LogP contribution in [0.1, 0.15) is 29.8 Å². The lowest BCUT2D eigenvalue weighted by molar-refractivity contribution is 0.210. The van der Waals surface area contributed by atoms with Crippen LogP contribution in [0.15, 0.2) is 36.8 Å². The summed E-state index contributed by atoms with van der Waals surface area (Å²) in [4.78, 5) is 4.06. The second-order valence-electron chi connectivity index (χ2n) is 3.92. The minimum Gasteiger partial charge on any atom is -0.382 e. The van der Waals surface area contributed by atoms with Crippen LogP contribution < -0.4 is 0 Å². The highest BCUT2D eigenvalue weighted by Gasteiger charge is 2.14. The Morgan fingerprint density at radius 2 is 2.25 bits per heavy atom. The highest BCUT2D eigenvalue weighted by Crippen LogP contribution is 2.22. The Kier molecular flexibility index (Phi) is 3.06. The average Bonchev–Trinajstić information content (AvgIpc) is 2.76. The molecule has 0 aliphatic carbocycles. The average molecular weight is 216 g/mol. The molecule has 1 heterocycles. The van der Waals surface area contributed by atoms with Gasteiger partial charge in [-0.3, -0.25) is 0 Å². The van der Waals surface area contributed by atoms with Crippen molar-refractivity contribution in [2.24, 2.45) is 0 Å². The first-order valence-electron chi connectivity index (χ1n) is 5.47. The van der Waals surface area contributed by atoms with Crippen molar-refractivity contribution >= 4 is 0 Å². The van der Waals surface area contributed by atoms with Crippen LogP contribution in [0.4, 0.5) is 0 Å². The largest absolute Gasteiger partial charge is 0.382 e. The minimum atomic E-state index is -0.595. The summed E-state index contributed by atoms with van der Waals surface area (Å²) in [5.74, 6) is 0. The molecule has 1 N–H and O–H groups in total. The third kappa shape index (κ3) is 1.99. The number of aryl methyl sites for hydroxylation is 2. The third-order valence-corrected chi connectivity index (χ3v) is 2.72. The fourth-order valence-corrected chi connectivity index (χ4v) is 1.83. The van der Waals surface area contributed by atoms with Crippen molar-refractivity contribution in [3.8, 4) is 0 Å².